The summed E-state index contributed by atoms with van der Waals surface area (Å²) in [6.45, 7) is 2.18. The van der Waals surface area contributed by atoms with E-state index >= 15 is 0 Å². The molecule has 0 bridgehead atoms. The van der Waals surface area contributed by atoms with E-state index in [1.165, 1.54) is 17.9 Å². The predicted octanol–water partition coefficient (Wildman–Crippen LogP) is 3.64. The van der Waals surface area contributed by atoms with Gasteiger partial charge in [0.1, 0.15) is 0 Å². The van der Waals surface area contributed by atoms with Gasteiger partial charge >= 0.3 is 0 Å². The molecule has 0 amide bonds. The summed E-state index contributed by atoms with van der Waals surface area (Å²) in [5.41, 5.74) is 1.04. The molecule has 1 aromatic carbocycles. The average molecular weight is 224 g/mol. The molecule has 1 atom stereocenters. The van der Waals surface area contributed by atoms with Crippen LogP contribution < -0.4 is 0 Å². The minimum atomic E-state index is -0.280. The molecule has 0 aliphatic rings. The number of rotatable bonds is 7. The second kappa shape index (κ2) is 7.77. The van der Waals surface area contributed by atoms with E-state index in [0.717, 1.165) is 18.4 Å². The molecule has 0 aromatic heterocycles. The minimum Gasteiger partial charge on any atom is -0.388 e. The molecule has 0 heterocycles. The first-order chi connectivity index (χ1) is 7.34. The van der Waals surface area contributed by atoms with Crippen LogP contribution in [0.2, 0.25) is 0 Å². The lowest BCUT2D eigenvalue weighted by molar-refractivity contribution is 0.164. The molecular weight excluding hydrogens is 204 g/mol. The largest absolute Gasteiger partial charge is 0.388 e. The third-order valence-corrected chi connectivity index (χ3v) is 3.39. The van der Waals surface area contributed by atoms with Crippen molar-refractivity contribution in [2.75, 3.05) is 11.5 Å². The van der Waals surface area contributed by atoms with Crippen LogP contribution in [0.15, 0.2) is 30.3 Å². The normalized spacial score (nSPS) is 12.7. The van der Waals surface area contributed by atoms with Crippen molar-refractivity contribution in [2.24, 2.45) is 0 Å². The molecule has 1 rings (SSSR count). The Bertz CT molecular complexity index is 248. The Kier molecular flexibility index (Phi) is 6.53. The molecule has 0 aliphatic carbocycles. The summed E-state index contributed by atoms with van der Waals surface area (Å²) in [7, 11) is 0. The van der Waals surface area contributed by atoms with Crippen molar-refractivity contribution in [3.63, 3.8) is 0 Å². The molecule has 0 radical (unpaired) electrons. The van der Waals surface area contributed by atoms with E-state index in [0.29, 0.717) is 0 Å². The fourth-order valence-corrected chi connectivity index (χ4v) is 2.22. The number of aliphatic hydroxyl groups is 1. The first kappa shape index (κ1) is 12.6. The second-order valence-corrected chi connectivity index (χ2v) is 5.01. The lowest BCUT2D eigenvalue weighted by Gasteiger charge is -2.10. The average Bonchev–Trinajstić information content (AvgIpc) is 2.30. The fourth-order valence-electron chi connectivity index (χ4n) is 1.53. The van der Waals surface area contributed by atoms with Crippen LogP contribution in [-0.2, 0) is 0 Å². The molecule has 1 N–H and O–H groups in total. The van der Waals surface area contributed by atoms with Gasteiger partial charge in [-0.2, -0.15) is 11.8 Å². The van der Waals surface area contributed by atoms with Gasteiger partial charge in [0.15, 0.2) is 0 Å². The maximum atomic E-state index is 9.87. The molecule has 0 aliphatic heterocycles. The standard InChI is InChI=1S/C13H20OS/c1-2-15-11-7-6-10-13(14)12-8-4-3-5-9-12/h3-5,8-9,13-14H,2,6-7,10-11H2,1H3. The van der Waals surface area contributed by atoms with Gasteiger partial charge in [-0.15, -0.1) is 0 Å². The van der Waals surface area contributed by atoms with Crippen molar-refractivity contribution in [1.29, 1.82) is 0 Å². The lowest BCUT2D eigenvalue weighted by atomic mass is 10.0. The minimum absolute atomic E-state index is 0.280. The summed E-state index contributed by atoms with van der Waals surface area (Å²) in [4.78, 5) is 0. The third kappa shape index (κ3) is 5.24. The Hall–Kier alpha value is -0.470. The van der Waals surface area contributed by atoms with E-state index < -0.39 is 0 Å². The molecule has 0 fully saturated rings. The Morgan fingerprint density at radius 1 is 1.20 bits per heavy atom. The van der Waals surface area contributed by atoms with Gasteiger partial charge in [0.25, 0.3) is 0 Å². The van der Waals surface area contributed by atoms with Crippen molar-refractivity contribution >= 4 is 11.8 Å². The number of aliphatic hydroxyl groups excluding tert-OH is 1. The summed E-state index contributed by atoms with van der Waals surface area (Å²) in [5.74, 6) is 2.42. The molecule has 0 saturated carbocycles. The van der Waals surface area contributed by atoms with E-state index in [1.807, 2.05) is 42.1 Å². The zero-order valence-corrected chi connectivity index (χ0v) is 10.2. The van der Waals surface area contributed by atoms with Gasteiger partial charge < -0.3 is 5.11 Å². The highest BCUT2D eigenvalue weighted by molar-refractivity contribution is 7.99. The summed E-state index contributed by atoms with van der Waals surface area (Å²) >= 11 is 1.97. The van der Waals surface area contributed by atoms with Gasteiger partial charge in [-0.1, -0.05) is 37.3 Å². The Balaban J connectivity index is 2.16. The van der Waals surface area contributed by atoms with Gasteiger partial charge in [-0.05, 0) is 36.3 Å². The van der Waals surface area contributed by atoms with Crippen LogP contribution in [0.5, 0.6) is 0 Å². The Labute approximate surface area is 96.9 Å². The van der Waals surface area contributed by atoms with E-state index in [2.05, 4.69) is 6.92 Å². The van der Waals surface area contributed by atoms with Crippen LogP contribution in [-0.4, -0.2) is 16.6 Å². The van der Waals surface area contributed by atoms with Crippen molar-refractivity contribution < 1.29 is 5.11 Å². The van der Waals surface area contributed by atoms with Crippen molar-refractivity contribution in [2.45, 2.75) is 32.3 Å². The molecule has 0 saturated heterocycles. The second-order valence-electron chi connectivity index (χ2n) is 3.62. The van der Waals surface area contributed by atoms with E-state index in [-0.39, 0.29) is 6.10 Å². The van der Waals surface area contributed by atoms with Gasteiger partial charge in [0, 0.05) is 0 Å². The summed E-state index contributed by atoms with van der Waals surface area (Å²) < 4.78 is 0. The third-order valence-electron chi connectivity index (χ3n) is 2.40. The molecule has 1 unspecified atom stereocenters. The van der Waals surface area contributed by atoms with Crippen LogP contribution >= 0.6 is 11.8 Å². The summed E-state index contributed by atoms with van der Waals surface area (Å²) in [5, 5.41) is 9.87. The SMILES string of the molecule is CCSCCCCC(O)c1ccccc1. The van der Waals surface area contributed by atoms with Crippen molar-refractivity contribution in [3.8, 4) is 0 Å². The first-order valence-electron chi connectivity index (χ1n) is 5.65. The number of benzene rings is 1. The topological polar surface area (TPSA) is 20.2 Å². The molecule has 1 nitrogen and oxygen atoms in total. The molecule has 0 spiro atoms. The van der Waals surface area contributed by atoms with Crippen LogP contribution in [0.3, 0.4) is 0 Å². The Morgan fingerprint density at radius 2 is 1.93 bits per heavy atom. The predicted molar refractivity (Wildman–Crippen MR) is 68.3 cm³/mol. The summed E-state index contributed by atoms with van der Waals surface area (Å²) in [6.07, 6.45) is 2.93. The molecule has 84 valence electrons. The van der Waals surface area contributed by atoms with Crippen molar-refractivity contribution in [3.05, 3.63) is 35.9 Å². The van der Waals surface area contributed by atoms with E-state index in [9.17, 15) is 5.11 Å². The lowest BCUT2D eigenvalue weighted by Crippen LogP contribution is -1.97. The van der Waals surface area contributed by atoms with Crippen LogP contribution in [0.4, 0.5) is 0 Å². The van der Waals surface area contributed by atoms with Crippen LogP contribution in [0.1, 0.15) is 37.9 Å². The van der Waals surface area contributed by atoms with Crippen LogP contribution in [0, 0.1) is 0 Å². The molecule has 1 aromatic rings. The van der Waals surface area contributed by atoms with Crippen molar-refractivity contribution in [1.82, 2.24) is 0 Å². The zero-order valence-electron chi connectivity index (χ0n) is 9.36. The molecular formula is C13H20OS. The molecule has 2 heteroatoms. The fraction of sp³-hybridized carbons (Fsp3) is 0.538. The molecule has 15 heavy (non-hydrogen) atoms. The van der Waals surface area contributed by atoms with Gasteiger partial charge in [-0.25, -0.2) is 0 Å². The number of hydrogen-bond acceptors (Lipinski definition) is 2. The van der Waals surface area contributed by atoms with E-state index in [4.69, 9.17) is 0 Å². The van der Waals surface area contributed by atoms with Gasteiger partial charge in [0.05, 0.1) is 6.10 Å². The van der Waals surface area contributed by atoms with E-state index in [1.54, 1.807) is 0 Å². The summed E-state index contributed by atoms with van der Waals surface area (Å²) in [6, 6.07) is 9.92. The van der Waals surface area contributed by atoms with Gasteiger partial charge in [0.2, 0.25) is 0 Å². The maximum Gasteiger partial charge on any atom is 0.0790 e. The monoisotopic (exact) mass is 224 g/mol. The highest BCUT2D eigenvalue weighted by Gasteiger charge is 2.05. The zero-order chi connectivity index (χ0) is 10.9. The van der Waals surface area contributed by atoms with Gasteiger partial charge in [-0.3, -0.25) is 0 Å². The highest BCUT2D eigenvalue weighted by Crippen LogP contribution is 2.19. The number of hydrogen-bond donors (Lipinski definition) is 1. The Morgan fingerprint density at radius 3 is 2.60 bits per heavy atom. The number of thioether (sulfide) groups is 1. The first-order valence-corrected chi connectivity index (χ1v) is 6.80. The van der Waals surface area contributed by atoms with Crippen LogP contribution in [0.25, 0.3) is 0 Å². The number of unbranched alkanes of at least 4 members (excludes halogenated alkanes) is 1. The quantitative estimate of drug-likeness (QED) is 0.713. The smallest absolute Gasteiger partial charge is 0.0790 e. The highest BCUT2D eigenvalue weighted by atomic mass is 32.2. The maximum absolute atomic E-state index is 9.87.